The summed E-state index contributed by atoms with van der Waals surface area (Å²) in [4.78, 5) is 20.7. The van der Waals surface area contributed by atoms with E-state index in [0.29, 0.717) is 27.2 Å². The first kappa shape index (κ1) is 18.2. The second-order valence-electron chi connectivity index (χ2n) is 5.82. The number of benzene rings is 2. The van der Waals surface area contributed by atoms with Crippen molar-refractivity contribution >= 4 is 46.4 Å². The van der Waals surface area contributed by atoms with Crippen LogP contribution in [0.3, 0.4) is 0 Å². The smallest absolute Gasteiger partial charge is 0.258 e. The van der Waals surface area contributed by atoms with Crippen LogP contribution in [0.25, 0.3) is 0 Å². The molecule has 0 saturated heterocycles. The lowest BCUT2D eigenvalue weighted by molar-refractivity contribution is 0.102. The number of carbonyl (C=O) groups is 1. The van der Waals surface area contributed by atoms with Crippen LogP contribution in [-0.2, 0) is 0 Å². The normalized spacial score (nSPS) is 10.5. The maximum atomic E-state index is 12.3. The summed E-state index contributed by atoms with van der Waals surface area (Å²) in [6.07, 6.45) is 2.93. The zero-order valence-corrected chi connectivity index (χ0v) is 15.7. The zero-order chi connectivity index (χ0) is 18.7. The van der Waals surface area contributed by atoms with Crippen molar-refractivity contribution in [3.63, 3.8) is 0 Å². The molecule has 3 rings (SSSR count). The SMILES string of the molecule is Cc1ccc(C)c(Nc2ncc(C(=O)Nc3ccc(Cl)c(Cl)c3)cn2)c1. The summed E-state index contributed by atoms with van der Waals surface area (Å²) < 4.78 is 0. The minimum absolute atomic E-state index is 0.332. The zero-order valence-electron chi connectivity index (χ0n) is 14.2. The first-order valence-electron chi connectivity index (χ1n) is 7.85. The average molecular weight is 387 g/mol. The summed E-state index contributed by atoms with van der Waals surface area (Å²) in [6.45, 7) is 4.02. The number of hydrogen-bond donors (Lipinski definition) is 2. The molecule has 0 fully saturated rings. The van der Waals surface area contributed by atoms with Gasteiger partial charge in [-0.05, 0) is 49.2 Å². The van der Waals surface area contributed by atoms with Crippen LogP contribution in [0.4, 0.5) is 17.3 Å². The van der Waals surface area contributed by atoms with Crippen LogP contribution in [0.1, 0.15) is 21.5 Å². The van der Waals surface area contributed by atoms with Gasteiger partial charge in [-0.3, -0.25) is 4.79 Å². The molecule has 7 heteroatoms. The fraction of sp³-hybridized carbons (Fsp3) is 0.105. The van der Waals surface area contributed by atoms with Crippen molar-refractivity contribution < 1.29 is 4.79 Å². The Labute approximate surface area is 161 Å². The molecule has 0 aliphatic heterocycles. The van der Waals surface area contributed by atoms with E-state index in [1.807, 2.05) is 32.0 Å². The van der Waals surface area contributed by atoms with Gasteiger partial charge in [-0.1, -0.05) is 35.3 Å². The molecule has 0 aliphatic rings. The number of anilines is 3. The summed E-state index contributed by atoms with van der Waals surface area (Å²) in [7, 11) is 0. The Morgan fingerprint density at radius 2 is 1.69 bits per heavy atom. The Morgan fingerprint density at radius 1 is 0.962 bits per heavy atom. The van der Waals surface area contributed by atoms with Gasteiger partial charge in [-0.25, -0.2) is 9.97 Å². The minimum atomic E-state index is -0.332. The molecule has 26 heavy (non-hydrogen) atoms. The highest BCUT2D eigenvalue weighted by Gasteiger charge is 2.09. The molecule has 1 amide bonds. The van der Waals surface area contributed by atoms with E-state index in [4.69, 9.17) is 23.2 Å². The fourth-order valence-corrected chi connectivity index (χ4v) is 2.58. The molecule has 2 aromatic carbocycles. The van der Waals surface area contributed by atoms with Gasteiger partial charge < -0.3 is 10.6 Å². The second-order valence-corrected chi connectivity index (χ2v) is 6.64. The van der Waals surface area contributed by atoms with Crippen molar-refractivity contribution in [3.8, 4) is 0 Å². The van der Waals surface area contributed by atoms with Crippen LogP contribution in [0.15, 0.2) is 48.8 Å². The Morgan fingerprint density at radius 3 is 2.38 bits per heavy atom. The van der Waals surface area contributed by atoms with Gasteiger partial charge in [0.05, 0.1) is 15.6 Å². The molecular formula is C19H16Cl2N4O. The predicted molar refractivity (Wildman–Crippen MR) is 106 cm³/mol. The molecule has 1 aromatic heterocycles. The number of aromatic nitrogens is 2. The Bertz CT molecular complexity index is 958. The third-order valence-electron chi connectivity index (χ3n) is 3.73. The minimum Gasteiger partial charge on any atom is -0.324 e. The first-order valence-corrected chi connectivity index (χ1v) is 8.61. The number of amides is 1. The first-order chi connectivity index (χ1) is 12.4. The quantitative estimate of drug-likeness (QED) is 0.629. The van der Waals surface area contributed by atoms with Gasteiger partial charge in [-0.2, -0.15) is 0 Å². The standard InChI is InChI=1S/C19H16Cl2N4O/c1-11-3-4-12(2)17(7-11)25-19-22-9-13(10-23-19)18(26)24-14-5-6-15(20)16(21)8-14/h3-10H,1-2H3,(H,24,26)(H,22,23,25). The van der Waals surface area contributed by atoms with E-state index in [-0.39, 0.29) is 5.91 Å². The Balaban J connectivity index is 1.71. The predicted octanol–water partition coefficient (Wildman–Crippen LogP) is 5.40. The van der Waals surface area contributed by atoms with E-state index in [9.17, 15) is 4.79 Å². The number of nitrogens with zero attached hydrogens (tertiary/aromatic N) is 2. The lowest BCUT2D eigenvalue weighted by Gasteiger charge is -2.10. The highest BCUT2D eigenvalue weighted by Crippen LogP contribution is 2.25. The van der Waals surface area contributed by atoms with E-state index in [0.717, 1.165) is 16.8 Å². The molecule has 0 radical (unpaired) electrons. The van der Waals surface area contributed by atoms with Gasteiger partial charge in [0.15, 0.2) is 0 Å². The number of hydrogen-bond acceptors (Lipinski definition) is 4. The molecule has 0 aliphatic carbocycles. The lowest BCUT2D eigenvalue weighted by atomic mass is 10.1. The molecule has 2 N–H and O–H groups in total. The summed E-state index contributed by atoms with van der Waals surface area (Å²) >= 11 is 11.8. The monoisotopic (exact) mass is 386 g/mol. The number of rotatable bonds is 4. The number of nitrogens with one attached hydrogen (secondary N) is 2. The van der Waals surface area contributed by atoms with Gasteiger partial charge in [-0.15, -0.1) is 0 Å². The average Bonchev–Trinajstić information content (AvgIpc) is 2.62. The van der Waals surface area contributed by atoms with Crippen molar-refractivity contribution in [2.45, 2.75) is 13.8 Å². The van der Waals surface area contributed by atoms with Crippen LogP contribution in [0, 0.1) is 13.8 Å². The largest absolute Gasteiger partial charge is 0.324 e. The van der Waals surface area contributed by atoms with Crippen molar-refractivity contribution in [2.24, 2.45) is 0 Å². The summed E-state index contributed by atoms with van der Waals surface area (Å²) in [5, 5.41) is 6.68. The molecule has 0 atom stereocenters. The topological polar surface area (TPSA) is 66.9 Å². The highest BCUT2D eigenvalue weighted by atomic mass is 35.5. The summed E-state index contributed by atoms with van der Waals surface area (Å²) in [5.74, 6) is 0.0893. The van der Waals surface area contributed by atoms with Crippen LogP contribution >= 0.6 is 23.2 Å². The lowest BCUT2D eigenvalue weighted by Crippen LogP contribution is -2.13. The molecule has 1 heterocycles. The van der Waals surface area contributed by atoms with Gasteiger partial charge in [0.2, 0.25) is 5.95 Å². The number of halogens is 2. The third kappa shape index (κ3) is 4.31. The van der Waals surface area contributed by atoms with Gasteiger partial charge >= 0.3 is 0 Å². The highest BCUT2D eigenvalue weighted by molar-refractivity contribution is 6.42. The van der Waals surface area contributed by atoms with Crippen molar-refractivity contribution in [2.75, 3.05) is 10.6 Å². The van der Waals surface area contributed by atoms with Crippen molar-refractivity contribution in [3.05, 3.63) is 75.5 Å². The van der Waals surface area contributed by atoms with Crippen LogP contribution in [0.2, 0.25) is 10.0 Å². The van der Waals surface area contributed by atoms with E-state index >= 15 is 0 Å². The second kappa shape index (κ2) is 7.72. The van der Waals surface area contributed by atoms with E-state index in [1.165, 1.54) is 12.4 Å². The third-order valence-corrected chi connectivity index (χ3v) is 4.47. The molecule has 0 spiro atoms. The maximum Gasteiger partial charge on any atom is 0.258 e. The van der Waals surface area contributed by atoms with E-state index in [1.54, 1.807) is 18.2 Å². The van der Waals surface area contributed by atoms with Crippen LogP contribution in [-0.4, -0.2) is 15.9 Å². The number of aryl methyl sites for hydroxylation is 2. The Kier molecular flexibility index (Phi) is 5.40. The van der Waals surface area contributed by atoms with Gasteiger partial charge in [0.25, 0.3) is 5.91 Å². The van der Waals surface area contributed by atoms with Crippen LogP contribution in [0.5, 0.6) is 0 Å². The number of carbonyl (C=O) groups excluding carboxylic acids is 1. The van der Waals surface area contributed by atoms with Crippen LogP contribution < -0.4 is 10.6 Å². The molecular weight excluding hydrogens is 371 g/mol. The van der Waals surface area contributed by atoms with E-state index < -0.39 is 0 Å². The molecule has 132 valence electrons. The fourth-order valence-electron chi connectivity index (χ4n) is 2.28. The molecule has 3 aromatic rings. The van der Waals surface area contributed by atoms with Crippen molar-refractivity contribution in [1.29, 1.82) is 0 Å². The Hall–Kier alpha value is -2.63. The van der Waals surface area contributed by atoms with E-state index in [2.05, 4.69) is 20.6 Å². The molecule has 5 nitrogen and oxygen atoms in total. The molecule has 0 unspecified atom stereocenters. The maximum absolute atomic E-state index is 12.3. The van der Waals surface area contributed by atoms with Gasteiger partial charge in [0.1, 0.15) is 0 Å². The summed E-state index contributed by atoms with van der Waals surface area (Å²) in [5.41, 5.74) is 4.03. The molecule has 0 bridgehead atoms. The van der Waals surface area contributed by atoms with Gasteiger partial charge in [0, 0.05) is 23.8 Å². The molecule has 0 saturated carbocycles. The summed E-state index contributed by atoms with van der Waals surface area (Å²) in [6, 6.07) is 11.0. The van der Waals surface area contributed by atoms with Crippen molar-refractivity contribution in [1.82, 2.24) is 9.97 Å².